The fraction of sp³-hybridized carbons (Fsp3) is 0.160. The number of likely N-dealkylation sites (N-methyl/N-ethyl adjacent to an activating group) is 1. The fourth-order valence-corrected chi connectivity index (χ4v) is 5.21. The van der Waals surface area contributed by atoms with Gasteiger partial charge in [0, 0.05) is 47.5 Å². The Morgan fingerprint density at radius 3 is 2.83 bits per heavy atom. The number of benzene rings is 1. The molecule has 3 N–H and O–H groups in total. The van der Waals surface area contributed by atoms with Crippen LogP contribution < -0.4 is 16.3 Å². The van der Waals surface area contributed by atoms with E-state index in [0.29, 0.717) is 11.3 Å². The molecule has 0 amide bonds. The second-order valence-electron chi connectivity index (χ2n) is 8.31. The first-order valence-electron chi connectivity index (χ1n) is 11.0. The Hall–Kier alpha value is -3.41. The van der Waals surface area contributed by atoms with Gasteiger partial charge in [0.1, 0.15) is 18.2 Å². The third kappa shape index (κ3) is 4.69. The van der Waals surface area contributed by atoms with Crippen LogP contribution >= 0.6 is 24.0 Å². The van der Waals surface area contributed by atoms with Crippen molar-refractivity contribution in [3.8, 4) is 0 Å². The summed E-state index contributed by atoms with van der Waals surface area (Å²) < 4.78 is 44.3. The van der Waals surface area contributed by atoms with E-state index in [1.54, 1.807) is 12.2 Å². The van der Waals surface area contributed by atoms with Gasteiger partial charge in [-0.3, -0.25) is 4.79 Å². The molecule has 1 aliphatic carbocycles. The van der Waals surface area contributed by atoms with Crippen molar-refractivity contribution in [1.29, 1.82) is 0 Å². The molecule has 11 heteroatoms. The first kappa shape index (κ1) is 24.3. The molecule has 0 fully saturated rings. The summed E-state index contributed by atoms with van der Waals surface area (Å²) in [5.41, 5.74) is 5.71. The van der Waals surface area contributed by atoms with E-state index in [4.69, 9.17) is 4.94 Å². The number of allylic oxidation sites excluding steroid dienone is 5. The van der Waals surface area contributed by atoms with Crippen molar-refractivity contribution in [3.63, 3.8) is 0 Å². The molecular formula is C25H21F3N4O2S2. The van der Waals surface area contributed by atoms with E-state index in [2.05, 4.69) is 28.9 Å². The maximum Gasteiger partial charge on any atom is 0.200 e. The number of nitrogens with one attached hydrogen (secondary N) is 3. The number of fused-ring (bicyclic) bond motifs is 1. The van der Waals surface area contributed by atoms with Crippen LogP contribution in [0.15, 0.2) is 82.0 Å². The minimum atomic E-state index is -1.16. The number of carbonyl (C=O) groups excluding carboxylic acids is 1. The van der Waals surface area contributed by atoms with Crippen molar-refractivity contribution in [2.75, 3.05) is 12.5 Å². The topological polar surface area (TPSA) is 65.6 Å². The Kier molecular flexibility index (Phi) is 6.69. The number of hydroxylamine groups is 1. The number of thiophene rings is 1. The summed E-state index contributed by atoms with van der Waals surface area (Å²) in [6, 6.07) is 5.89. The highest BCUT2D eigenvalue weighted by atomic mass is 32.2. The van der Waals surface area contributed by atoms with Crippen LogP contribution in [-0.4, -0.2) is 30.1 Å². The van der Waals surface area contributed by atoms with Crippen LogP contribution in [0.2, 0.25) is 0 Å². The van der Waals surface area contributed by atoms with E-state index in [1.165, 1.54) is 23.6 Å². The largest absolute Gasteiger partial charge is 0.367 e. The van der Waals surface area contributed by atoms with E-state index in [-0.39, 0.29) is 23.8 Å². The standard InChI is InChI=1S/C25H21F3N4O2S2/c1-32-12-13(20-7-8-21(35)36-20)9-16-17(11-29-25(16)32)24(33)22-18(27)5-6-19(23(22)28)31-34-30-15-4-2-3-14(26)10-15/h2,4-12,14,25,29-31,35H,3H2,1H3. The number of nitrogens with zero attached hydrogens (tertiary/aromatic N) is 1. The van der Waals surface area contributed by atoms with Crippen molar-refractivity contribution >= 4 is 41.0 Å². The molecule has 2 unspecified atom stereocenters. The van der Waals surface area contributed by atoms with Crippen molar-refractivity contribution in [1.82, 2.24) is 15.7 Å². The van der Waals surface area contributed by atoms with Crippen molar-refractivity contribution in [2.45, 2.75) is 23.0 Å². The zero-order chi connectivity index (χ0) is 25.4. The second kappa shape index (κ2) is 9.92. The Labute approximate surface area is 214 Å². The molecule has 1 aromatic carbocycles. The van der Waals surface area contributed by atoms with Crippen LogP contribution in [0.5, 0.6) is 0 Å². The number of hydrogen-bond acceptors (Lipinski definition) is 8. The zero-order valence-corrected chi connectivity index (χ0v) is 20.6. The quantitative estimate of drug-likeness (QED) is 0.223. The van der Waals surface area contributed by atoms with Gasteiger partial charge in [-0.1, -0.05) is 6.08 Å². The molecule has 2 atom stereocenters. The average Bonchev–Trinajstić information content (AvgIpc) is 3.47. The summed E-state index contributed by atoms with van der Waals surface area (Å²) in [6.45, 7) is 0. The summed E-state index contributed by atoms with van der Waals surface area (Å²) in [5, 5.41) is 3.09. The molecule has 0 bridgehead atoms. The molecule has 5 rings (SSSR count). The number of anilines is 1. The summed E-state index contributed by atoms with van der Waals surface area (Å²) >= 11 is 5.85. The number of ketones is 1. The summed E-state index contributed by atoms with van der Waals surface area (Å²) in [4.78, 5) is 21.3. The highest BCUT2D eigenvalue weighted by Crippen LogP contribution is 2.37. The molecule has 0 saturated heterocycles. The fourth-order valence-electron chi connectivity index (χ4n) is 4.11. The molecular weight excluding hydrogens is 509 g/mol. The van der Waals surface area contributed by atoms with E-state index < -0.39 is 29.2 Å². The number of thiol groups is 1. The Morgan fingerprint density at radius 1 is 1.25 bits per heavy atom. The molecule has 3 heterocycles. The third-order valence-electron chi connectivity index (χ3n) is 5.84. The summed E-state index contributed by atoms with van der Waals surface area (Å²) in [6.07, 6.45) is 8.52. The zero-order valence-electron chi connectivity index (χ0n) is 18.9. The summed E-state index contributed by atoms with van der Waals surface area (Å²) in [5.74, 6) is -2.92. The predicted molar refractivity (Wildman–Crippen MR) is 136 cm³/mol. The Bertz CT molecular complexity index is 1380. The molecule has 0 saturated carbocycles. The first-order valence-corrected chi connectivity index (χ1v) is 12.2. The summed E-state index contributed by atoms with van der Waals surface area (Å²) in [7, 11) is 1.85. The molecule has 186 valence electrons. The molecule has 0 radical (unpaired) electrons. The monoisotopic (exact) mass is 530 g/mol. The van der Waals surface area contributed by atoms with Crippen molar-refractivity contribution in [2.24, 2.45) is 0 Å². The van der Waals surface area contributed by atoms with Gasteiger partial charge in [-0.2, -0.15) is 4.94 Å². The average molecular weight is 531 g/mol. The molecule has 36 heavy (non-hydrogen) atoms. The van der Waals surface area contributed by atoms with E-state index in [1.807, 2.05) is 36.4 Å². The molecule has 2 aliphatic heterocycles. The highest BCUT2D eigenvalue weighted by Gasteiger charge is 2.35. The van der Waals surface area contributed by atoms with Crippen molar-refractivity contribution in [3.05, 3.63) is 99.9 Å². The molecule has 1 aromatic heterocycles. The van der Waals surface area contributed by atoms with Crippen LogP contribution in [-0.2, 0) is 4.94 Å². The SMILES string of the molecule is CN1C=C(c2ccc(S)s2)C=C2C(C(=O)c3c(F)ccc(NONC4=CC(F)CC=C4)c3F)=CNC21. The molecule has 6 nitrogen and oxygen atoms in total. The van der Waals surface area contributed by atoms with Gasteiger partial charge in [0.2, 0.25) is 5.78 Å². The maximum atomic E-state index is 15.3. The molecule has 0 spiro atoms. The van der Waals surface area contributed by atoms with Gasteiger partial charge < -0.3 is 10.2 Å². The van der Waals surface area contributed by atoms with Crippen LogP contribution in [0.3, 0.4) is 0 Å². The van der Waals surface area contributed by atoms with E-state index in [9.17, 15) is 13.6 Å². The maximum absolute atomic E-state index is 15.3. The highest BCUT2D eigenvalue weighted by molar-refractivity contribution is 7.82. The third-order valence-corrected chi connectivity index (χ3v) is 7.20. The number of carbonyl (C=O) groups is 1. The van der Waals surface area contributed by atoms with Gasteiger partial charge in [-0.25, -0.2) is 24.1 Å². The van der Waals surface area contributed by atoms with Gasteiger partial charge in [0.25, 0.3) is 0 Å². The lowest BCUT2D eigenvalue weighted by molar-refractivity contribution is 0.102. The van der Waals surface area contributed by atoms with Crippen LogP contribution in [0.1, 0.15) is 21.7 Å². The Balaban J connectivity index is 1.38. The Morgan fingerprint density at radius 2 is 2.08 bits per heavy atom. The van der Waals surface area contributed by atoms with Crippen LogP contribution in [0.4, 0.5) is 18.9 Å². The minimum absolute atomic E-state index is 0.153. The normalized spacial score (nSPS) is 20.6. The van der Waals surface area contributed by atoms with Gasteiger partial charge in [0.15, 0.2) is 5.82 Å². The second-order valence-corrected chi connectivity index (χ2v) is 10.2. The van der Waals surface area contributed by atoms with Crippen LogP contribution in [0, 0.1) is 11.6 Å². The smallest absolute Gasteiger partial charge is 0.200 e. The number of Topliss-reactive ketones (excluding diaryl/α,β-unsaturated/α-hetero) is 1. The minimum Gasteiger partial charge on any atom is -0.367 e. The van der Waals surface area contributed by atoms with Gasteiger partial charge in [-0.15, -0.1) is 24.0 Å². The van der Waals surface area contributed by atoms with Crippen molar-refractivity contribution < 1.29 is 22.9 Å². The number of alkyl halides is 1. The first-order chi connectivity index (χ1) is 17.3. The van der Waals surface area contributed by atoms with Gasteiger partial charge in [0.05, 0.1) is 21.2 Å². The lowest BCUT2D eigenvalue weighted by atomic mass is 9.93. The molecule has 3 aliphatic rings. The number of halogens is 3. The van der Waals surface area contributed by atoms with E-state index >= 15 is 4.39 Å². The number of rotatable bonds is 7. The number of hydrogen-bond donors (Lipinski definition) is 4. The lowest BCUT2D eigenvalue weighted by Crippen LogP contribution is -2.38. The lowest BCUT2D eigenvalue weighted by Gasteiger charge is -2.30. The van der Waals surface area contributed by atoms with Crippen LogP contribution in [0.25, 0.3) is 5.57 Å². The molecule has 2 aromatic rings. The van der Waals surface area contributed by atoms with Gasteiger partial charge >= 0.3 is 0 Å². The van der Waals surface area contributed by atoms with Gasteiger partial charge in [-0.05, 0) is 42.5 Å². The van der Waals surface area contributed by atoms with E-state index in [0.717, 1.165) is 26.8 Å². The predicted octanol–water partition coefficient (Wildman–Crippen LogP) is 5.25.